The molecule has 1 aromatic heterocycles. The van der Waals surface area contributed by atoms with Gasteiger partial charge >= 0.3 is 0 Å². The van der Waals surface area contributed by atoms with Gasteiger partial charge in [-0.3, -0.25) is 4.68 Å². The average molecular weight is 480 g/mol. The first-order valence-electron chi connectivity index (χ1n) is 7.91. The van der Waals surface area contributed by atoms with Crippen LogP contribution in [0.15, 0.2) is 12.1 Å². The van der Waals surface area contributed by atoms with Gasteiger partial charge in [0.05, 0.1) is 5.69 Å². The van der Waals surface area contributed by atoms with E-state index < -0.39 is 0 Å². The van der Waals surface area contributed by atoms with E-state index in [0.29, 0.717) is 12.0 Å². The molecule has 2 nitrogen and oxygen atoms in total. The molecule has 2 aromatic rings. The summed E-state index contributed by atoms with van der Waals surface area (Å²) >= 11 is 0. The zero-order chi connectivity index (χ0) is 15.9. The third-order valence-electron chi connectivity index (χ3n) is 4.27. The maximum atomic E-state index is 4.72. The average Bonchev–Trinajstić information content (AvgIpc) is 2.63. The second-order valence-corrected chi connectivity index (χ2v) is 6.76. The molecule has 0 bridgehead atoms. The molecule has 0 fully saturated rings. The first-order chi connectivity index (χ1) is 9.73. The van der Waals surface area contributed by atoms with Crippen LogP contribution >= 0.6 is 0 Å². The van der Waals surface area contributed by atoms with Crippen molar-refractivity contribution in [2.24, 2.45) is 0 Å². The van der Waals surface area contributed by atoms with Crippen molar-refractivity contribution in [2.75, 3.05) is 0 Å². The summed E-state index contributed by atoms with van der Waals surface area (Å²) in [4.78, 5) is 0. The van der Waals surface area contributed by atoms with Crippen LogP contribution in [0.3, 0.4) is 0 Å². The molecule has 0 radical (unpaired) electrons. The van der Waals surface area contributed by atoms with Crippen LogP contribution in [0.25, 0.3) is 11.1 Å². The summed E-state index contributed by atoms with van der Waals surface area (Å²) in [6.45, 7) is 17.6. The molecule has 124 valence electrons. The minimum absolute atomic E-state index is 0. The molecular formula is C19H28N2Pt. The van der Waals surface area contributed by atoms with Crippen molar-refractivity contribution < 1.29 is 21.1 Å². The van der Waals surface area contributed by atoms with Crippen LogP contribution in [-0.4, -0.2) is 9.78 Å². The Morgan fingerprint density at radius 2 is 1.41 bits per heavy atom. The van der Waals surface area contributed by atoms with E-state index in [1.54, 1.807) is 0 Å². The van der Waals surface area contributed by atoms with Crippen molar-refractivity contribution in [1.82, 2.24) is 9.78 Å². The van der Waals surface area contributed by atoms with E-state index in [9.17, 15) is 0 Å². The van der Waals surface area contributed by atoms with Crippen LogP contribution in [0.5, 0.6) is 0 Å². The van der Waals surface area contributed by atoms with Crippen molar-refractivity contribution in [3.63, 3.8) is 0 Å². The monoisotopic (exact) mass is 479 g/mol. The molecule has 0 unspecified atom stereocenters. The number of aromatic nitrogens is 2. The molecule has 0 aliphatic carbocycles. The van der Waals surface area contributed by atoms with E-state index in [1.165, 1.54) is 33.5 Å². The Morgan fingerprint density at radius 1 is 0.909 bits per heavy atom. The van der Waals surface area contributed by atoms with Crippen molar-refractivity contribution in [3.8, 4) is 11.1 Å². The van der Waals surface area contributed by atoms with Gasteiger partial charge in [-0.25, -0.2) is 0 Å². The third-order valence-corrected chi connectivity index (χ3v) is 4.27. The van der Waals surface area contributed by atoms with Gasteiger partial charge in [-0.05, 0) is 69.7 Å². The first-order valence-corrected chi connectivity index (χ1v) is 7.91. The standard InChI is InChI=1S/C19H28N2.Pt/c1-11(2)18-13(5)9-17(10-14(18)6)19-15(7)20-21(12(3)4)16(19)8;/h9-12H,1-8H3;. The Kier molecular flexibility index (Phi) is 6.21. The maximum absolute atomic E-state index is 4.72. The fourth-order valence-electron chi connectivity index (χ4n) is 3.61. The number of nitrogens with zero attached hydrogens (tertiary/aromatic N) is 2. The topological polar surface area (TPSA) is 17.8 Å². The number of rotatable bonds is 3. The molecule has 1 aromatic carbocycles. The number of hydrogen-bond acceptors (Lipinski definition) is 1. The summed E-state index contributed by atoms with van der Waals surface area (Å²) in [6.07, 6.45) is 0. The van der Waals surface area contributed by atoms with E-state index in [1.807, 2.05) is 0 Å². The van der Waals surface area contributed by atoms with E-state index >= 15 is 0 Å². The molecule has 0 saturated heterocycles. The molecule has 0 amide bonds. The van der Waals surface area contributed by atoms with Gasteiger partial charge in [0, 0.05) is 38.4 Å². The zero-order valence-electron chi connectivity index (χ0n) is 15.0. The smallest absolute Gasteiger partial charge is 0.0675 e. The molecule has 0 saturated carbocycles. The Morgan fingerprint density at radius 3 is 1.77 bits per heavy atom. The second kappa shape index (κ2) is 7.13. The van der Waals surface area contributed by atoms with E-state index in [-0.39, 0.29) is 21.1 Å². The summed E-state index contributed by atoms with van der Waals surface area (Å²) in [5.41, 5.74) is 9.23. The molecule has 0 atom stereocenters. The van der Waals surface area contributed by atoms with Crippen LogP contribution in [0.4, 0.5) is 0 Å². The first kappa shape index (κ1) is 19.2. The molecular weight excluding hydrogens is 451 g/mol. The van der Waals surface area contributed by atoms with Gasteiger partial charge < -0.3 is 0 Å². The number of aryl methyl sites for hydroxylation is 3. The summed E-state index contributed by atoms with van der Waals surface area (Å²) < 4.78 is 2.13. The largest absolute Gasteiger partial charge is 0.266 e. The van der Waals surface area contributed by atoms with Crippen LogP contribution in [0.1, 0.15) is 67.7 Å². The Bertz CT molecular complexity index is 643. The van der Waals surface area contributed by atoms with E-state index in [4.69, 9.17) is 5.10 Å². The molecule has 0 spiro atoms. The van der Waals surface area contributed by atoms with Gasteiger partial charge in [0.25, 0.3) is 0 Å². The molecule has 0 aliphatic heterocycles. The maximum Gasteiger partial charge on any atom is 0.0675 e. The van der Waals surface area contributed by atoms with Gasteiger partial charge in [-0.1, -0.05) is 26.0 Å². The van der Waals surface area contributed by atoms with Gasteiger partial charge in [-0.15, -0.1) is 0 Å². The summed E-state index contributed by atoms with van der Waals surface area (Å²) in [5, 5.41) is 4.72. The molecule has 0 N–H and O–H groups in total. The molecule has 1 heterocycles. The fourth-order valence-corrected chi connectivity index (χ4v) is 3.61. The predicted octanol–water partition coefficient (Wildman–Crippen LogP) is 5.49. The Balaban J connectivity index is 0.00000242. The van der Waals surface area contributed by atoms with Gasteiger partial charge in [0.2, 0.25) is 0 Å². The quantitative estimate of drug-likeness (QED) is 0.570. The summed E-state index contributed by atoms with van der Waals surface area (Å²) in [5.74, 6) is 0.569. The normalized spacial score (nSPS) is 11.2. The van der Waals surface area contributed by atoms with Crippen LogP contribution < -0.4 is 0 Å². The minimum atomic E-state index is 0. The van der Waals surface area contributed by atoms with Crippen molar-refractivity contribution >= 4 is 0 Å². The predicted molar refractivity (Wildman–Crippen MR) is 91.1 cm³/mol. The molecule has 3 heteroatoms. The van der Waals surface area contributed by atoms with Crippen molar-refractivity contribution in [3.05, 3.63) is 40.2 Å². The van der Waals surface area contributed by atoms with Gasteiger partial charge in [0.1, 0.15) is 0 Å². The molecule has 0 aliphatic rings. The number of hydrogen-bond donors (Lipinski definition) is 0. The Labute approximate surface area is 149 Å². The summed E-state index contributed by atoms with van der Waals surface area (Å²) in [7, 11) is 0. The summed E-state index contributed by atoms with van der Waals surface area (Å²) in [6, 6.07) is 5.04. The van der Waals surface area contributed by atoms with Crippen LogP contribution in [0, 0.1) is 27.7 Å². The fraction of sp³-hybridized carbons (Fsp3) is 0.526. The molecule has 22 heavy (non-hydrogen) atoms. The number of benzene rings is 1. The van der Waals surface area contributed by atoms with E-state index in [2.05, 4.69) is 72.2 Å². The van der Waals surface area contributed by atoms with Gasteiger partial charge in [0.15, 0.2) is 0 Å². The third kappa shape index (κ3) is 3.38. The van der Waals surface area contributed by atoms with Crippen LogP contribution in [-0.2, 0) is 21.1 Å². The van der Waals surface area contributed by atoms with Gasteiger partial charge in [-0.2, -0.15) is 5.10 Å². The van der Waals surface area contributed by atoms with Crippen molar-refractivity contribution in [1.29, 1.82) is 0 Å². The zero-order valence-corrected chi connectivity index (χ0v) is 17.3. The second-order valence-electron chi connectivity index (χ2n) is 6.76. The SMILES string of the molecule is Cc1cc(-c2c(C)nn(C(C)C)c2C)cc(C)c1C(C)C.[Pt]. The minimum Gasteiger partial charge on any atom is -0.266 e. The molecule has 2 rings (SSSR count). The van der Waals surface area contributed by atoms with Crippen molar-refractivity contribution in [2.45, 2.75) is 67.3 Å². The Hall–Kier alpha value is -0.882. The van der Waals surface area contributed by atoms with Crippen LogP contribution in [0.2, 0.25) is 0 Å². The van der Waals surface area contributed by atoms with E-state index in [0.717, 1.165) is 5.69 Å².